The van der Waals surface area contributed by atoms with E-state index < -0.39 is 5.41 Å². The number of amides is 1. The van der Waals surface area contributed by atoms with Crippen molar-refractivity contribution in [3.63, 3.8) is 0 Å². The maximum Gasteiger partial charge on any atom is 0.239 e. The average Bonchev–Trinajstić information content (AvgIpc) is 2.59. The van der Waals surface area contributed by atoms with Crippen LogP contribution in [0.5, 0.6) is 5.75 Å². The zero-order valence-electron chi connectivity index (χ0n) is 11.2. The number of carbonyl (C=O) groups excluding carboxylic acids is 1. The first-order valence-corrected chi connectivity index (χ1v) is 6.69. The molecule has 1 aromatic rings. The Morgan fingerprint density at radius 1 is 1.42 bits per heavy atom. The van der Waals surface area contributed by atoms with Crippen molar-refractivity contribution in [2.24, 2.45) is 11.1 Å². The van der Waals surface area contributed by atoms with Crippen molar-refractivity contribution < 1.29 is 9.53 Å². The Bertz CT molecular complexity index is 514. The molecule has 1 aromatic carbocycles. The molecule has 1 aliphatic heterocycles. The van der Waals surface area contributed by atoms with Crippen LogP contribution in [0.4, 0.5) is 5.69 Å². The smallest absolute Gasteiger partial charge is 0.239 e. The molecule has 1 heterocycles. The van der Waals surface area contributed by atoms with E-state index in [2.05, 4.69) is 0 Å². The van der Waals surface area contributed by atoms with Gasteiger partial charge in [0.1, 0.15) is 5.75 Å². The molecule has 0 saturated heterocycles. The van der Waals surface area contributed by atoms with Crippen LogP contribution in [0.3, 0.4) is 0 Å². The molecule has 0 radical (unpaired) electrons. The van der Waals surface area contributed by atoms with E-state index in [-0.39, 0.29) is 10.9 Å². The molecule has 0 bridgehead atoms. The number of carbonyl (C=O) groups is 1. The van der Waals surface area contributed by atoms with Crippen LogP contribution in [-0.2, 0) is 4.79 Å². The highest BCUT2D eigenvalue weighted by atomic mass is 32.1. The summed E-state index contributed by atoms with van der Waals surface area (Å²) in [5.41, 5.74) is 5.62. The van der Waals surface area contributed by atoms with Crippen molar-refractivity contribution in [1.82, 2.24) is 0 Å². The Morgan fingerprint density at radius 3 is 2.79 bits per heavy atom. The number of para-hydroxylation sites is 2. The zero-order valence-corrected chi connectivity index (χ0v) is 12.0. The van der Waals surface area contributed by atoms with Crippen LogP contribution in [0.25, 0.3) is 0 Å². The number of ether oxygens (including phenoxy) is 1. The fourth-order valence-corrected chi connectivity index (χ4v) is 2.07. The summed E-state index contributed by atoms with van der Waals surface area (Å²) >= 11 is 5.01. The summed E-state index contributed by atoms with van der Waals surface area (Å²) in [6, 6.07) is 7.54. The molecular weight excluding hydrogens is 260 g/mol. The maximum absolute atomic E-state index is 12.7. The number of nitrogens with two attached hydrogens (primary N) is 1. The molecule has 1 aliphatic rings. The second kappa shape index (κ2) is 5.17. The van der Waals surface area contributed by atoms with Gasteiger partial charge in [0.2, 0.25) is 5.91 Å². The lowest BCUT2D eigenvalue weighted by molar-refractivity contribution is -0.123. The lowest BCUT2D eigenvalue weighted by Gasteiger charge is -2.30. The van der Waals surface area contributed by atoms with Crippen LogP contribution in [0.1, 0.15) is 20.3 Å². The van der Waals surface area contributed by atoms with Crippen LogP contribution in [0.2, 0.25) is 0 Å². The van der Waals surface area contributed by atoms with Crippen molar-refractivity contribution in [1.29, 1.82) is 0 Å². The number of thiocarbonyl (C=S) groups is 1. The molecule has 4 nitrogen and oxygen atoms in total. The lowest BCUT2D eigenvalue weighted by atomic mass is 9.91. The summed E-state index contributed by atoms with van der Waals surface area (Å²) < 4.78 is 5.64. The number of fused-ring (bicyclic) bond motifs is 1. The molecule has 0 spiro atoms. The van der Waals surface area contributed by atoms with Crippen LogP contribution in [-0.4, -0.2) is 24.0 Å². The summed E-state index contributed by atoms with van der Waals surface area (Å²) in [7, 11) is 0. The van der Waals surface area contributed by atoms with E-state index in [0.717, 1.165) is 17.9 Å². The molecule has 5 heteroatoms. The molecule has 1 amide bonds. The van der Waals surface area contributed by atoms with Gasteiger partial charge >= 0.3 is 0 Å². The predicted octanol–water partition coefficient (Wildman–Crippen LogP) is 2.11. The monoisotopic (exact) mass is 278 g/mol. The van der Waals surface area contributed by atoms with Gasteiger partial charge in [-0.2, -0.15) is 0 Å². The van der Waals surface area contributed by atoms with Gasteiger partial charge in [0.15, 0.2) is 0 Å². The van der Waals surface area contributed by atoms with Crippen LogP contribution < -0.4 is 15.4 Å². The van der Waals surface area contributed by atoms with Crippen LogP contribution in [0.15, 0.2) is 24.3 Å². The van der Waals surface area contributed by atoms with Gasteiger partial charge in [-0.3, -0.25) is 4.79 Å². The number of hydrogen-bond acceptors (Lipinski definition) is 3. The fourth-order valence-electron chi connectivity index (χ4n) is 1.98. The molecule has 0 aliphatic carbocycles. The minimum atomic E-state index is -0.854. The first-order chi connectivity index (χ1) is 8.94. The highest BCUT2D eigenvalue weighted by molar-refractivity contribution is 7.80. The van der Waals surface area contributed by atoms with Gasteiger partial charge in [-0.25, -0.2) is 0 Å². The zero-order chi connectivity index (χ0) is 14.0. The molecule has 0 unspecified atom stereocenters. The Morgan fingerprint density at radius 2 is 2.11 bits per heavy atom. The summed E-state index contributed by atoms with van der Waals surface area (Å²) in [5.74, 6) is 0.644. The normalized spacial score (nSPS) is 15.2. The second-order valence-corrected chi connectivity index (χ2v) is 5.56. The number of hydrogen-bond donors (Lipinski definition) is 1. The average molecular weight is 278 g/mol. The number of benzene rings is 1. The van der Waals surface area contributed by atoms with Gasteiger partial charge in [-0.15, -0.1) is 0 Å². The number of anilines is 1. The molecule has 0 fully saturated rings. The molecule has 102 valence electrons. The quantitative estimate of drug-likeness (QED) is 0.842. The Balaban J connectivity index is 2.40. The van der Waals surface area contributed by atoms with E-state index in [0.29, 0.717) is 13.2 Å². The summed E-state index contributed by atoms with van der Waals surface area (Å²) in [4.78, 5) is 14.6. The van der Waals surface area contributed by atoms with E-state index in [1.807, 2.05) is 24.3 Å². The first-order valence-electron chi connectivity index (χ1n) is 6.28. The van der Waals surface area contributed by atoms with Gasteiger partial charge in [0, 0.05) is 6.54 Å². The minimum Gasteiger partial charge on any atom is -0.491 e. The van der Waals surface area contributed by atoms with E-state index in [9.17, 15) is 4.79 Å². The maximum atomic E-state index is 12.7. The standard InChI is InChI=1S/C14H18N2O2S/c1-14(2,12(15)19)13(17)16-8-5-9-18-11-7-4-3-6-10(11)16/h3-4,6-7H,5,8-9H2,1-2H3,(H2,15,19). The summed E-state index contributed by atoms with van der Waals surface area (Å²) in [6.07, 6.45) is 0.786. The van der Waals surface area contributed by atoms with Crippen LogP contribution in [0, 0.1) is 5.41 Å². The largest absolute Gasteiger partial charge is 0.491 e. The molecule has 0 aromatic heterocycles. The van der Waals surface area contributed by atoms with E-state index in [1.54, 1.807) is 18.7 Å². The third-order valence-electron chi connectivity index (χ3n) is 3.34. The van der Waals surface area contributed by atoms with Crippen molar-refractivity contribution in [2.75, 3.05) is 18.1 Å². The highest BCUT2D eigenvalue weighted by Crippen LogP contribution is 2.33. The lowest BCUT2D eigenvalue weighted by Crippen LogP contribution is -2.47. The third-order valence-corrected chi connectivity index (χ3v) is 3.85. The molecule has 2 rings (SSSR count). The first kappa shape index (κ1) is 13.8. The molecule has 0 saturated carbocycles. The van der Waals surface area contributed by atoms with E-state index >= 15 is 0 Å². The van der Waals surface area contributed by atoms with Gasteiger partial charge in [0.05, 0.1) is 22.7 Å². The van der Waals surface area contributed by atoms with Gasteiger partial charge in [-0.05, 0) is 32.4 Å². The second-order valence-electron chi connectivity index (χ2n) is 5.12. The topological polar surface area (TPSA) is 55.6 Å². The van der Waals surface area contributed by atoms with Crippen molar-refractivity contribution in [2.45, 2.75) is 20.3 Å². The Hall–Kier alpha value is -1.62. The predicted molar refractivity (Wildman–Crippen MR) is 79.5 cm³/mol. The van der Waals surface area contributed by atoms with Crippen LogP contribution >= 0.6 is 12.2 Å². The number of nitrogens with zero attached hydrogens (tertiary/aromatic N) is 1. The van der Waals surface area contributed by atoms with Crippen molar-refractivity contribution in [3.05, 3.63) is 24.3 Å². The van der Waals surface area contributed by atoms with Gasteiger partial charge in [-0.1, -0.05) is 24.4 Å². The fraction of sp³-hybridized carbons (Fsp3) is 0.429. The van der Waals surface area contributed by atoms with E-state index in [1.165, 1.54) is 0 Å². The van der Waals surface area contributed by atoms with E-state index in [4.69, 9.17) is 22.7 Å². The highest BCUT2D eigenvalue weighted by Gasteiger charge is 2.36. The number of rotatable bonds is 2. The summed E-state index contributed by atoms with van der Waals surface area (Å²) in [5, 5.41) is 0. The van der Waals surface area contributed by atoms with Gasteiger partial charge < -0.3 is 15.4 Å². The molecule has 2 N–H and O–H groups in total. The Kier molecular flexibility index (Phi) is 3.75. The van der Waals surface area contributed by atoms with Gasteiger partial charge in [0.25, 0.3) is 0 Å². The molecule has 0 atom stereocenters. The SMILES string of the molecule is CC(C)(C(=O)N1CCCOc2ccccc21)C(N)=S. The minimum absolute atomic E-state index is 0.0852. The summed E-state index contributed by atoms with van der Waals surface area (Å²) in [6.45, 7) is 4.73. The third kappa shape index (κ3) is 2.56. The van der Waals surface area contributed by atoms with Crippen molar-refractivity contribution >= 4 is 28.8 Å². The molecule has 19 heavy (non-hydrogen) atoms. The molecular formula is C14H18N2O2S. The van der Waals surface area contributed by atoms with Crippen molar-refractivity contribution in [3.8, 4) is 5.75 Å². The Labute approximate surface area is 118 Å².